The van der Waals surface area contributed by atoms with Gasteiger partial charge in [-0.25, -0.2) is 12.5 Å². The fraction of sp³-hybridized carbons (Fsp3) is 0.913. The molecule has 0 spiro atoms. The zero-order valence-corrected chi connectivity index (χ0v) is 27.0. The highest BCUT2D eigenvalue weighted by atomic mass is 32.3. The predicted molar refractivity (Wildman–Crippen MR) is 151 cm³/mol. The van der Waals surface area contributed by atoms with Crippen LogP contribution in [0, 0.1) is 0 Å². The maximum absolute atomic E-state index is 13.1. The second-order valence-corrected chi connectivity index (χ2v) is 14.4. The van der Waals surface area contributed by atoms with Crippen molar-refractivity contribution in [3.8, 4) is 0 Å². The Balaban J connectivity index is 1.92. The van der Waals surface area contributed by atoms with E-state index >= 15 is 0 Å². The Bertz CT molecular complexity index is 1280. The van der Waals surface area contributed by atoms with Crippen molar-refractivity contribution >= 4 is 43.0 Å². The van der Waals surface area contributed by atoms with Gasteiger partial charge < -0.3 is 20.1 Å². The first-order valence-electron chi connectivity index (χ1n) is 14.4. The second-order valence-electron chi connectivity index (χ2n) is 11.2. The van der Waals surface area contributed by atoms with Crippen LogP contribution in [0.15, 0.2) is 0 Å². The first kappa shape index (κ1) is 37.9. The third-order valence-electron chi connectivity index (χ3n) is 7.63. The summed E-state index contributed by atoms with van der Waals surface area (Å²) in [6.45, 7) is -1.45. The molecular formula is C23H41N3O16S3. The summed E-state index contributed by atoms with van der Waals surface area (Å²) < 4.78 is 122. The zero-order valence-electron chi connectivity index (χ0n) is 24.6. The van der Waals surface area contributed by atoms with Crippen molar-refractivity contribution in [2.75, 3.05) is 26.7 Å². The molecule has 1 heterocycles. The number of methoxy groups -OCH3 is 1. The van der Waals surface area contributed by atoms with Gasteiger partial charge in [-0.1, -0.05) is 38.5 Å². The van der Waals surface area contributed by atoms with Gasteiger partial charge in [-0.15, -0.1) is 0 Å². The Morgan fingerprint density at radius 1 is 0.689 bits per heavy atom. The molecule has 262 valence electrons. The molecule has 3 fully saturated rings. The second kappa shape index (κ2) is 16.5. The van der Waals surface area contributed by atoms with E-state index in [4.69, 9.17) is 9.47 Å². The van der Waals surface area contributed by atoms with Gasteiger partial charge in [0.25, 0.3) is 0 Å². The van der Waals surface area contributed by atoms with Gasteiger partial charge in [0, 0.05) is 25.7 Å². The van der Waals surface area contributed by atoms with Crippen LogP contribution in [0.3, 0.4) is 0 Å². The van der Waals surface area contributed by atoms with Crippen LogP contribution in [-0.2, 0) is 62.8 Å². The molecule has 2 amide bonds. The number of carbonyl (C=O) groups excluding carboxylic acids is 2. The van der Waals surface area contributed by atoms with Crippen LogP contribution < -0.4 is 10.6 Å². The monoisotopic (exact) mass is 711 g/mol. The molecule has 45 heavy (non-hydrogen) atoms. The Kier molecular flexibility index (Phi) is 13.9. The largest absolute Gasteiger partial charge is 0.397 e. The van der Waals surface area contributed by atoms with Crippen molar-refractivity contribution in [2.24, 2.45) is 0 Å². The summed E-state index contributed by atoms with van der Waals surface area (Å²) in [5.74, 6) is -0.978. The van der Waals surface area contributed by atoms with Crippen molar-refractivity contribution < 1.29 is 70.5 Å². The lowest BCUT2D eigenvalue weighted by atomic mass is 9.95. The van der Waals surface area contributed by atoms with Gasteiger partial charge in [0.1, 0.15) is 18.3 Å². The first-order valence-corrected chi connectivity index (χ1v) is 18.5. The highest BCUT2D eigenvalue weighted by Gasteiger charge is 2.54. The average Bonchev–Trinajstić information content (AvgIpc) is 2.90. The first-order chi connectivity index (χ1) is 20.9. The minimum atomic E-state index is -5.52. The summed E-state index contributed by atoms with van der Waals surface area (Å²) in [4.78, 5) is 27.4. The summed E-state index contributed by atoms with van der Waals surface area (Å²) in [6.07, 6.45) is -2.03. The fourth-order valence-electron chi connectivity index (χ4n) is 5.85. The van der Waals surface area contributed by atoms with Crippen molar-refractivity contribution in [2.45, 2.75) is 107 Å². The van der Waals surface area contributed by atoms with Gasteiger partial charge in [-0.3, -0.25) is 28.1 Å². The summed E-state index contributed by atoms with van der Waals surface area (Å²) in [6, 6.07) is -0.205. The minimum absolute atomic E-state index is 0.102. The number of nitrogens with zero attached hydrogens (tertiary/aromatic N) is 1. The molecule has 2 saturated carbocycles. The minimum Gasteiger partial charge on any atom is -0.353 e. The van der Waals surface area contributed by atoms with Crippen molar-refractivity contribution in [1.82, 2.24) is 15.5 Å². The van der Waals surface area contributed by atoms with E-state index < -0.39 is 93.4 Å². The number of amides is 2. The number of nitrogens with one attached hydrogen (secondary N) is 2. The third-order valence-corrected chi connectivity index (χ3v) is 9.03. The number of carbonyl (C=O) groups is 2. The lowest BCUT2D eigenvalue weighted by Gasteiger charge is -2.44. The molecule has 0 aromatic heterocycles. The lowest BCUT2D eigenvalue weighted by Crippen LogP contribution is -2.64. The van der Waals surface area contributed by atoms with E-state index in [2.05, 4.69) is 23.2 Å². The van der Waals surface area contributed by atoms with E-state index in [1.165, 1.54) is 4.90 Å². The lowest BCUT2D eigenvalue weighted by molar-refractivity contribution is -0.277. The van der Waals surface area contributed by atoms with Crippen LogP contribution in [-0.4, -0.2) is 125 Å². The van der Waals surface area contributed by atoms with Gasteiger partial charge in [0.05, 0.1) is 13.1 Å². The molecule has 5 N–H and O–H groups in total. The van der Waals surface area contributed by atoms with Crippen LogP contribution in [0.25, 0.3) is 0 Å². The van der Waals surface area contributed by atoms with Gasteiger partial charge in [0.15, 0.2) is 12.4 Å². The number of ether oxygens (including phenoxy) is 2. The molecule has 0 aromatic carbocycles. The van der Waals surface area contributed by atoms with Crippen LogP contribution in [0.2, 0.25) is 0 Å². The third kappa shape index (κ3) is 13.6. The number of hydrogen-bond acceptors (Lipinski definition) is 14. The molecule has 3 rings (SSSR count). The van der Waals surface area contributed by atoms with E-state index in [0.29, 0.717) is 0 Å². The maximum Gasteiger partial charge on any atom is 0.397 e. The van der Waals surface area contributed by atoms with Gasteiger partial charge >= 0.3 is 31.2 Å². The van der Waals surface area contributed by atoms with E-state index in [-0.39, 0.29) is 12.1 Å². The topological polar surface area (TPSA) is 271 Å². The van der Waals surface area contributed by atoms with Crippen molar-refractivity contribution in [3.63, 3.8) is 0 Å². The van der Waals surface area contributed by atoms with Crippen LogP contribution >= 0.6 is 0 Å². The summed E-state index contributed by atoms with van der Waals surface area (Å²) in [7, 11) is -15.5. The Hall–Kier alpha value is -1.57. The highest BCUT2D eigenvalue weighted by molar-refractivity contribution is 7.81. The average molecular weight is 712 g/mol. The van der Waals surface area contributed by atoms with Crippen molar-refractivity contribution in [3.05, 3.63) is 0 Å². The van der Waals surface area contributed by atoms with Crippen LogP contribution in [0.4, 0.5) is 0 Å². The predicted octanol–water partition coefficient (Wildman–Crippen LogP) is -0.878. The van der Waals surface area contributed by atoms with Crippen LogP contribution in [0.5, 0.6) is 0 Å². The summed E-state index contributed by atoms with van der Waals surface area (Å²) in [5, 5.41) is 5.77. The molecule has 22 heteroatoms. The van der Waals surface area contributed by atoms with E-state index in [1.54, 1.807) is 0 Å². The molecule has 19 nitrogen and oxygen atoms in total. The number of rotatable bonds is 15. The number of hydrogen-bond donors (Lipinski definition) is 5. The quantitative estimate of drug-likeness (QED) is 0.129. The smallest absolute Gasteiger partial charge is 0.353 e. The normalized spacial score (nSPS) is 27.7. The van der Waals surface area contributed by atoms with Gasteiger partial charge in [-0.2, -0.15) is 25.3 Å². The molecule has 5 atom stereocenters. The van der Waals surface area contributed by atoms with Gasteiger partial charge in [-0.05, 0) is 25.7 Å². The Labute approximate surface area is 262 Å². The molecule has 0 bridgehead atoms. The molecule has 0 unspecified atom stereocenters. The van der Waals surface area contributed by atoms with Crippen molar-refractivity contribution in [1.29, 1.82) is 0 Å². The van der Waals surface area contributed by atoms with E-state index in [1.807, 2.05) is 0 Å². The highest BCUT2D eigenvalue weighted by Crippen LogP contribution is 2.32. The van der Waals surface area contributed by atoms with E-state index in [0.717, 1.165) is 71.3 Å². The summed E-state index contributed by atoms with van der Waals surface area (Å²) >= 11 is 0. The molecule has 0 aromatic rings. The standard InChI is InChI=1S/C23H41N3O16S3/c1-38-23-22(42-45(35,36)37)21(41-44(32,33)34)20(40-43(29,30)31)17(39-23)12-26(13-18(27)24-15-8-4-2-5-9-15)14-19(28)25-16-10-6-3-7-11-16/h15-17,20-23H,2-14H2,1H3,(H,24,27)(H,25,28)(H,29,30,31)(H,32,33,34)(H,35,36,37)/t17-,20-,21+,22+,23+/m1/s1. The Morgan fingerprint density at radius 2 is 1.09 bits per heavy atom. The molecule has 2 aliphatic carbocycles. The molecule has 3 aliphatic rings. The maximum atomic E-state index is 13.1. The molecule has 0 radical (unpaired) electrons. The fourth-order valence-corrected chi connectivity index (χ4v) is 7.35. The van der Waals surface area contributed by atoms with Crippen LogP contribution in [0.1, 0.15) is 64.2 Å². The summed E-state index contributed by atoms with van der Waals surface area (Å²) in [5.41, 5.74) is 0. The van der Waals surface area contributed by atoms with E-state index in [9.17, 15) is 48.5 Å². The Morgan fingerprint density at radius 3 is 1.49 bits per heavy atom. The molecule has 1 saturated heterocycles. The van der Waals surface area contributed by atoms with Gasteiger partial charge in [0.2, 0.25) is 11.8 Å². The zero-order chi connectivity index (χ0) is 33.4. The molecule has 1 aliphatic heterocycles. The SMILES string of the molecule is CO[C@H]1O[C@H](CN(CC(=O)NC2CCCCC2)CC(=O)NC2CCCCC2)[C@@H](OS(=O)(=O)O)[C@H](OS(=O)(=O)O)[C@@H]1OS(=O)(=O)O. The molecular weight excluding hydrogens is 670 g/mol.